The van der Waals surface area contributed by atoms with Gasteiger partial charge in [0.1, 0.15) is 7.85 Å². The van der Waals surface area contributed by atoms with Gasteiger partial charge in [0.2, 0.25) is 0 Å². The Morgan fingerprint density at radius 1 is 0.722 bits per heavy atom. The summed E-state index contributed by atoms with van der Waals surface area (Å²) in [6.07, 6.45) is 0. The molecule has 0 N–H and O–H groups in total. The van der Waals surface area contributed by atoms with Crippen molar-refractivity contribution in [1.82, 2.24) is 0 Å². The van der Waals surface area contributed by atoms with Crippen molar-refractivity contribution in [3.63, 3.8) is 0 Å². The van der Waals surface area contributed by atoms with E-state index in [2.05, 4.69) is 24.8 Å². The normalized spacial score (nSPS) is 11.6. The van der Waals surface area contributed by atoms with Crippen molar-refractivity contribution < 1.29 is 8.83 Å². The van der Waals surface area contributed by atoms with Crippen LogP contribution in [0.3, 0.4) is 0 Å². The number of rotatable bonds is 0. The first-order valence-corrected chi connectivity index (χ1v) is 5.40. The largest absolute Gasteiger partial charge is 0.386 e. The SMILES string of the molecule is [B]c1c2c(=O)oc(=O)c2c(Br)c2c(=O)oc(=O)c12. The molecule has 1 aromatic carbocycles. The molecule has 0 aliphatic carbocycles. The van der Waals surface area contributed by atoms with Crippen molar-refractivity contribution >= 4 is 50.8 Å². The van der Waals surface area contributed by atoms with Crippen molar-refractivity contribution in [2.45, 2.75) is 0 Å². The molecule has 86 valence electrons. The molecule has 2 radical (unpaired) electrons. The van der Waals surface area contributed by atoms with Crippen LogP contribution in [0.1, 0.15) is 0 Å². The van der Waals surface area contributed by atoms with Gasteiger partial charge in [-0.15, -0.1) is 0 Å². The molecule has 0 atom stereocenters. The standard InChI is InChI=1S/C10BBrO6/c11-5-1-3(9(15)17-7(1)13)6(12)4-2(5)8(14)18-10(4)16. The maximum Gasteiger partial charge on any atom is 0.348 e. The second-order valence-corrected chi connectivity index (χ2v) is 4.37. The molecule has 0 bridgehead atoms. The lowest BCUT2D eigenvalue weighted by Gasteiger charge is -1.97. The van der Waals surface area contributed by atoms with Crippen LogP contribution >= 0.6 is 15.9 Å². The minimum absolute atomic E-state index is 0.0200. The second kappa shape index (κ2) is 3.29. The predicted octanol–water partition coefficient (Wildman–Crippen LogP) is -0.948. The average molecular weight is 307 g/mol. The molecule has 6 nitrogen and oxygen atoms in total. The minimum atomic E-state index is -0.955. The van der Waals surface area contributed by atoms with Gasteiger partial charge in [-0.1, -0.05) is 5.46 Å². The van der Waals surface area contributed by atoms with Gasteiger partial charge in [-0.25, -0.2) is 19.2 Å². The Labute approximate surface area is 106 Å². The zero-order chi connectivity index (χ0) is 13.2. The summed E-state index contributed by atoms with van der Waals surface area (Å²) in [5.41, 5.74) is -4.05. The van der Waals surface area contributed by atoms with E-state index >= 15 is 0 Å². The highest BCUT2D eigenvalue weighted by Crippen LogP contribution is 2.24. The summed E-state index contributed by atoms with van der Waals surface area (Å²) in [6.45, 7) is 0. The quantitative estimate of drug-likeness (QED) is 0.497. The topological polar surface area (TPSA) is 94.6 Å². The van der Waals surface area contributed by atoms with Crippen molar-refractivity contribution in [3.8, 4) is 0 Å². The number of benzene rings is 1. The number of hydrogen-bond donors (Lipinski definition) is 0. The van der Waals surface area contributed by atoms with E-state index < -0.39 is 22.5 Å². The van der Waals surface area contributed by atoms with Crippen molar-refractivity contribution in [3.05, 3.63) is 46.2 Å². The summed E-state index contributed by atoms with van der Waals surface area (Å²) in [4.78, 5) is 45.9. The third kappa shape index (κ3) is 1.13. The Bertz CT molecular complexity index is 859. The molecule has 0 amide bonds. The van der Waals surface area contributed by atoms with Gasteiger partial charge in [-0.3, -0.25) is 0 Å². The molecule has 18 heavy (non-hydrogen) atoms. The van der Waals surface area contributed by atoms with Gasteiger partial charge in [0.15, 0.2) is 0 Å². The van der Waals surface area contributed by atoms with Gasteiger partial charge in [-0.2, -0.15) is 0 Å². The van der Waals surface area contributed by atoms with Gasteiger partial charge in [0.05, 0.1) is 21.5 Å². The van der Waals surface area contributed by atoms with E-state index in [0.717, 1.165) is 0 Å². The molecule has 3 rings (SSSR count). The fraction of sp³-hybridized carbons (Fsp3) is 0. The second-order valence-electron chi connectivity index (χ2n) is 3.58. The highest BCUT2D eigenvalue weighted by molar-refractivity contribution is 9.10. The lowest BCUT2D eigenvalue weighted by atomic mass is 9.88. The smallest absolute Gasteiger partial charge is 0.348 e. The van der Waals surface area contributed by atoms with Gasteiger partial charge in [0.25, 0.3) is 0 Å². The molecule has 8 heteroatoms. The Hall–Kier alpha value is -1.96. The molecule has 0 unspecified atom stereocenters. The Morgan fingerprint density at radius 3 is 1.44 bits per heavy atom. The van der Waals surface area contributed by atoms with Crippen LogP contribution < -0.4 is 28.0 Å². The summed E-state index contributed by atoms with van der Waals surface area (Å²) in [7, 11) is 5.63. The average Bonchev–Trinajstić information content (AvgIpc) is 2.73. The molecule has 0 aliphatic heterocycles. The van der Waals surface area contributed by atoms with Gasteiger partial charge < -0.3 is 8.83 Å². The van der Waals surface area contributed by atoms with E-state index in [4.69, 9.17) is 7.85 Å². The van der Waals surface area contributed by atoms with Crippen LogP contribution in [0, 0.1) is 0 Å². The highest BCUT2D eigenvalue weighted by Gasteiger charge is 2.23. The Kier molecular flexibility index (Phi) is 2.04. The van der Waals surface area contributed by atoms with Crippen LogP contribution in [0.25, 0.3) is 21.5 Å². The minimum Gasteiger partial charge on any atom is -0.386 e. The van der Waals surface area contributed by atoms with E-state index in [-0.39, 0.29) is 31.5 Å². The Balaban J connectivity index is 2.94. The monoisotopic (exact) mass is 306 g/mol. The third-order valence-electron chi connectivity index (χ3n) is 2.66. The molecule has 2 heterocycles. The van der Waals surface area contributed by atoms with E-state index in [0.29, 0.717) is 0 Å². The maximum atomic E-state index is 11.5. The van der Waals surface area contributed by atoms with Crippen LogP contribution in [0.5, 0.6) is 0 Å². The molecule has 0 saturated carbocycles. The van der Waals surface area contributed by atoms with Crippen LogP contribution in [0.4, 0.5) is 0 Å². The summed E-state index contributed by atoms with van der Waals surface area (Å²) in [5, 5.41) is -0.777. The molecule has 0 spiro atoms. The summed E-state index contributed by atoms with van der Waals surface area (Å²) in [5.74, 6) is 0. The van der Waals surface area contributed by atoms with E-state index in [1.54, 1.807) is 0 Å². The van der Waals surface area contributed by atoms with Crippen LogP contribution in [-0.2, 0) is 0 Å². The molecular weight excluding hydrogens is 307 g/mol. The van der Waals surface area contributed by atoms with Gasteiger partial charge in [0, 0.05) is 4.47 Å². The third-order valence-corrected chi connectivity index (χ3v) is 3.46. The molecule has 0 saturated heterocycles. The van der Waals surface area contributed by atoms with E-state index in [9.17, 15) is 19.2 Å². The number of hydrogen-bond acceptors (Lipinski definition) is 6. The molecule has 0 aliphatic rings. The Morgan fingerprint density at radius 2 is 1.06 bits per heavy atom. The summed E-state index contributed by atoms with van der Waals surface area (Å²) in [6, 6.07) is 0. The highest BCUT2D eigenvalue weighted by atomic mass is 79.9. The first-order valence-electron chi connectivity index (χ1n) is 4.61. The maximum absolute atomic E-state index is 11.5. The van der Waals surface area contributed by atoms with Crippen molar-refractivity contribution in [2.75, 3.05) is 0 Å². The summed E-state index contributed by atoms with van der Waals surface area (Å²) >= 11 is 2.99. The molecule has 3 aromatic rings. The van der Waals surface area contributed by atoms with Crippen LogP contribution in [-0.4, -0.2) is 7.85 Å². The van der Waals surface area contributed by atoms with Crippen LogP contribution in [0.15, 0.2) is 32.5 Å². The fourth-order valence-corrected chi connectivity index (χ4v) is 2.64. The first-order chi connectivity index (χ1) is 8.43. The molecule has 0 fully saturated rings. The number of furan rings is 2. The fourth-order valence-electron chi connectivity index (χ4n) is 1.92. The molecule has 2 aromatic heterocycles. The lowest BCUT2D eigenvalue weighted by Crippen LogP contribution is -2.16. The number of halogens is 1. The van der Waals surface area contributed by atoms with Crippen LogP contribution in [0.2, 0.25) is 0 Å². The van der Waals surface area contributed by atoms with E-state index in [1.807, 2.05) is 0 Å². The summed E-state index contributed by atoms with van der Waals surface area (Å²) < 4.78 is 8.76. The van der Waals surface area contributed by atoms with E-state index in [1.165, 1.54) is 0 Å². The zero-order valence-corrected chi connectivity index (χ0v) is 9.99. The van der Waals surface area contributed by atoms with Crippen molar-refractivity contribution in [2.24, 2.45) is 0 Å². The molecular formula is C10BBrO6. The first kappa shape index (κ1) is 11.2. The lowest BCUT2D eigenvalue weighted by molar-refractivity contribution is 0.498. The van der Waals surface area contributed by atoms with Crippen molar-refractivity contribution in [1.29, 1.82) is 0 Å². The van der Waals surface area contributed by atoms with Gasteiger partial charge >= 0.3 is 22.5 Å². The zero-order valence-electron chi connectivity index (χ0n) is 8.40. The predicted molar refractivity (Wildman–Crippen MR) is 66.5 cm³/mol. The van der Waals surface area contributed by atoms with Gasteiger partial charge in [-0.05, 0) is 15.9 Å². The number of fused-ring (bicyclic) bond motifs is 2.